The van der Waals surface area contributed by atoms with Gasteiger partial charge < -0.3 is 5.21 Å². The first kappa shape index (κ1) is 4.76. The zero-order chi connectivity index (χ0) is 5.98. The summed E-state index contributed by atoms with van der Waals surface area (Å²) in [5.41, 5.74) is -0.102. The molecule has 42 valence electrons. The monoisotopic (exact) mass is 112 g/mol. The summed E-state index contributed by atoms with van der Waals surface area (Å²) in [5.74, 6) is 0. The van der Waals surface area contributed by atoms with Crippen molar-refractivity contribution in [3.8, 4) is 0 Å². The molecule has 5 nitrogen and oxygen atoms in total. The predicted octanol–water partition coefficient (Wildman–Crippen LogP) is -1.01. The van der Waals surface area contributed by atoms with Crippen LogP contribution in [0, 0.1) is 5.41 Å². The average molecular weight is 112 g/mol. The van der Waals surface area contributed by atoms with Crippen molar-refractivity contribution in [2.24, 2.45) is 0 Å². The zero-order valence-corrected chi connectivity index (χ0v) is 3.94. The molecule has 1 heterocycles. The van der Waals surface area contributed by atoms with Gasteiger partial charge in [-0.3, -0.25) is 5.41 Å². The molecule has 0 aromatic carbocycles. The molecule has 0 saturated carbocycles. The van der Waals surface area contributed by atoms with E-state index in [1.807, 2.05) is 0 Å². The predicted molar refractivity (Wildman–Crippen MR) is 23.1 cm³/mol. The van der Waals surface area contributed by atoms with E-state index in [-0.39, 0.29) is 5.62 Å². The van der Waals surface area contributed by atoms with Gasteiger partial charge in [-0.2, -0.15) is 14.7 Å². The van der Waals surface area contributed by atoms with Crippen molar-refractivity contribution in [2.45, 2.75) is 0 Å². The number of nitrogens with one attached hydrogen (secondary N) is 1. The molecule has 0 unspecified atom stereocenters. The Kier molecular flexibility index (Phi) is 0.957. The van der Waals surface area contributed by atoms with Crippen molar-refractivity contribution < 1.29 is 5.21 Å². The number of aromatic nitrogens is 3. The van der Waals surface area contributed by atoms with Crippen molar-refractivity contribution in [2.75, 3.05) is 0 Å². The lowest BCUT2D eigenvalue weighted by molar-refractivity contribution is 0.175. The first-order chi connectivity index (χ1) is 3.79. The molecule has 0 atom stereocenters. The Bertz CT molecular complexity index is 208. The van der Waals surface area contributed by atoms with Crippen molar-refractivity contribution in [3.05, 3.63) is 18.3 Å². The van der Waals surface area contributed by atoms with E-state index in [4.69, 9.17) is 10.6 Å². The molecule has 1 aromatic rings. The Morgan fingerprint density at radius 2 is 2.00 bits per heavy atom. The molecule has 5 heteroatoms. The molecular formula is C3H4N4O. The van der Waals surface area contributed by atoms with E-state index in [1.54, 1.807) is 0 Å². The van der Waals surface area contributed by atoms with Crippen LogP contribution in [0.3, 0.4) is 0 Å². The third kappa shape index (κ3) is 0.810. The van der Waals surface area contributed by atoms with Gasteiger partial charge in [0.15, 0.2) is 0 Å². The van der Waals surface area contributed by atoms with E-state index >= 15 is 0 Å². The van der Waals surface area contributed by atoms with Crippen LogP contribution in [0.15, 0.2) is 12.7 Å². The number of hydrogen-bond donors (Lipinski definition) is 2. The van der Waals surface area contributed by atoms with E-state index in [0.717, 1.165) is 12.7 Å². The van der Waals surface area contributed by atoms with Gasteiger partial charge in [-0.15, -0.1) is 0 Å². The minimum absolute atomic E-state index is 0.102. The Balaban J connectivity index is 3.22. The van der Waals surface area contributed by atoms with Crippen LogP contribution >= 0.6 is 0 Å². The molecule has 0 saturated heterocycles. The average Bonchev–Trinajstić information content (AvgIpc) is 1.77. The summed E-state index contributed by atoms with van der Waals surface area (Å²) in [6, 6.07) is 0. The smallest absolute Gasteiger partial charge is 0.244 e. The van der Waals surface area contributed by atoms with Gasteiger partial charge in [-0.25, -0.2) is 0 Å². The molecule has 0 aliphatic heterocycles. The summed E-state index contributed by atoms with van der Waals surface area (Å²) in [5, 5.41) is 15.2. The second-order valence-electron chi connectivity index (χ2n) is 1.19. The van der Waals surface area contributed by atoms with Crippen molar-refractivity contribution in [1.82, 2.24) is 14.7 Å². The third-order valence-corrected chi connectivity index (χ3v) is 0.597. The normalized spacial score (nSPS) is 9.00. The SMILES string of the molecule is N=c1ncn(O)cn1. The zero-order valence-electron chi connectivity index (χ0n) is 3.94. The maximum absolute atomic E-state index is 8.46. The van der Waals surface area contributed by atoms with Gasteiger partial charge in [-0.05, 0) is 0 Å². The topological polar surface area (TPSA) is 74.8 Å². The molecule has 2 N–H and O–H groups in total. The summed E-state index contributed by atoms with van der Waals surface area (Å²) in [6.45, 7) is 0. The van der Waals surface area contributed by atoms with Crippen LogP contribution in [0.25, 0.3) is 0 Å². The van der Waals surface area contributed by atoms with Crippen molar-refractivity contribution in [3.63, 3.8) is 0 Å². The summed E-state index contributed by atoms with van der Waals surface area (Å²) < 4.78 is 0.679. The highest BCUT2D eigenvalue weighted by molar-refractivity contribution is 4.54. The van der Waals surface area contributed by atoms with E-state index in [2.05, 4.69) is 9.97 Å². The summed E-state index contributed by atoms with van der Waals surface area (Å²) in [4.78, 5) is 6.69. The van der Waals surface area contributed by atoms with E-state index < -0.39 is 0 Å². The van der Waals surface area contributed by atoms with Crippen molar-refractivity contribution in [1.29, 1.82) is 5.41 Å². The fraction of sp³-hybridized carbons (Fsp3) is 0. The number of nitrogens with zero attached hydrogens (tertiary/aromatic N) is 3. The molecular weight excluding hydrogens is 108 g/mol. The Morgan fingerprint density at radius 1 is 1.50 bits per heavy atom. The molecule has 0 bridgehead atoms. The highest BCUT2D eigenvalue weighted by Gasteiger charge is 1.77. The van der Waals surface area contributed by atoms with E-state index in [1.165, 1.54) is 0 Å². The number of hydrogen-bond acceptors (Lipinski definition) is 4. The minimum Gasteiger partial charge on any atom is -0.426 e. The molecule has 0 aliphatic rings. The molecule has 0 aliphatic carbocycles. The fourth-order valence-corrected chi connectivity index (χ4v) is 0.291. The van der Waals surface area contributed by atoms with Crippen molar-refractivity contribution >= 4 is 0 Å². The van der Waals surface area contributed by atoms with Gasteiger partial charge in [0.1, 0.15) is 12.7 Å². The Hall–Kier alpha value is -1.39. The molecule has 1 rings (SSSR count). The standard InChI is InChI=1S/C3H4N4O/c4-3-5-1-7(8)2-6-3/h1-2,4,8H. The fourth-order valence-electron chi connectivity index (χ4n) is 0.291. The first-order valence-corrected chi connectivity index (χ1v) is 1.93. The molecule has 8 heavy (non-hydrogen) atoms. The highest BCUT2D eigenvalue weighted by atomic mass is 16.5. The molecule has 0 amide bonds. The number of rotatable bonds is 0. The van der Waals surface area contributed by atoms with Gasteiger partial charge in [-0.1, -0.05) is 0 Å². The summed E-state index contributed by atoms with van der Waals surface area (Å²) in [6.07, 6.45) is 2.19. The van der Waals surface area contributed by atoms with E-state index in [9.17, 15) is 0 Å². The molecule has 0 spiro atoms. The lowest BCUT2D eigenvalue weighted by Crippen LogP contribution is -2.12. The van der Waals surface area contributed by atoms with Crippen LogP contribution in [-0.4, -0.2) is 19.9 Å². The Morgan fingerprint density at radius 3 is 2.38 bits per heavy atom. The van der Waals surface area contributed by atoms with Crippen LogP contribution in [-0.2, 0) is 0 Å². The second kappa shape index (κ2) is 1.61. The summed E-state index contributed by atoms with van der Waals surface area (Å²) >= 11 is 0. The quantitative estimate of drug-likeness (QED) is 0.422. The van der Waals surface area contributed by atoms with E-state index in [0.29, 0.717) is 4.73 Å². The maximum atomic E-state index is 8.46. The largest absolute Gasteiger partial charge is 0.426 e. The molecule has 1 aromatic heterocycles. The molecule has 0 fully saturated rings. The van der Waals surface area contributed by atoms with Crippen LogP contribution in [0.5, 0.6) is 0 Å². The van der Waals surface area contributed by atoms with Crippen LogP contribution in [0.1, 0.15) is 0 Å². The Labute approximate surface area is 44.7 Å². The minimum atomic E-state index is -0.102. The second-order valence-corrected chi connectivity index (χ2v) is 1.19. The maximum Gasteiger partial charge on any atom is 0.244 e. The van der Waals surface area contributed by atoms with Gasteiger partial charge in [0.2, 0.25) is 5.62 Å². The van der Waals surface area contributed by atoms with Crippen LogP contribution in [0.4, 0.5) is 0 Å². The summed E-state index contributed by atoms with van der Waals surface area (Å²) in [7, 11) is 0. The third-order valence-electron chi connectivity index (χ3n) is 0.597. The van der Waals surface area contributed by atoms with Gasteiger partial charge in [0.05, 0.1) is 0 Å². The van der Waals surface area contributed by atoms with Crippen LogP contribution < -0.4 is 5.62 Å². The van der Waals surface area contributed by atoms with Gasteiger partial charge in [0.25, 0.3) is 0 Å². The highest BCUT2D eigenvalue weighted by Crippen LogP contribution is 1.62. The lowest BCUT2D eigenvalue weighted by atomic mass is 11.0. The first-order valence-electron chi connectivity index (χ1n) is 1.93. The van der Waals surface area contributed by atoms with Gasteiger partial charge in [0, 0.05) is 0 Å². The lowest BCUT2D eigenvalue weighted by Gasteiger charge is -1.88. The van der Waals surface area contributed by atoms with Gasteiger partial charge >= 0.3 is 0 Å². The molecule has 0 radical (unpaired) electrons. The van der Waals surface area contributed by atoms with Crippen LogP contribution in [0.2, 0.25) is 0 Å².